The molecule has 1 N–H and O–H groups in total. The lowest BCUT2D eigenvalue weighted by Crippen LogP contribution is -2.29. The Balaban J connectivity index is 1.80. The molecule has 0 aliphatic carbocycles. The van der Waals surface area contributed by atoms with E-state index < -0.39 is 0 Å². The number of benzene rings is 1. The van der Waals surface area contributed by atoms with Gasteiger partial charge < -0.3 is 5.32 Å². The van der Waals surface area contributed by atoms with Gasteiger partial charge in [-0.1, -0.05) is 43.7 Å². The van der Waals surface area contributed by atoms with Crippen LogP contribution in [0.15, 0.2) is 39.9 Å². The monoisotopic (exact) mass is 317 g/mol. The minimum absolute atomic E-state index is 0.443. The van der Waals surface area contributed by atoms with Crippen LogP contribution in [0.3, 0.4) is 0 Å². The third kappa shape index (κ3) is 3.36. The molecular formula is C18H23NS2. The summed E-state index contributed by atoms with van der Waals surface area (Å²) in [5, 5.41) is 6.84. The van der Waals surface area contributed by atoms with E-state index in [1.54, 1.807) is 0 Å². The number of rotatable bonds is 4. The summed E-state index contributed by atoms with van der Waals surface area (Å²) in [6.45, 7) is 6.76. The van der Waals surface area contributed by atoms with Crippen molar-refractivity contribution < 1.29 is 0 Å². The molecule has 1 aliphatic heterocycles. The molecule has 1 aromatic carbocycles. The van der Waals surface area contributed by atoms with Crippen molar-refractivity contribution in [2.75, 3.05) is 0 Å². The van der Waals surface area contributed by atoms with Gasteiger partial charge in [0.1, 0.15) is 0 Å². The quantitative estimate of drug-likeness (QED) is 0.773. The maximum absolute atomic E-state index is 3.91. The predicted octanol–water partition coefficient (Wildman–Crippen LogP) is 5.72. The van der Waals surface area contributed by atoms with Crippen molar-refractivity contribution in [1.82, 2.24) is 5.32 Å². The first-order chi connectivity index (χ1) is 10.2. The molecule has 0 saturated heterocycles. The van der Waals surface area contributed by atoms with Gasteiger partial charge >= 0.3 is 0 Å². The molecule has 2 heterocycles. The van der Waals surface area contributed by atoms with E-state index >= 15 is 0 Å². The summed E-state index contributed by atoms with van der Waals surface area (Å²) in [5.41, 5.74) is 4.25. The Morgan fingerprint density at radius 2 is 2.00 bits per heavy atom. The van der Waals surface area contributed by atoms with Crippen molar-refractivity contribution in [3.8, 4) is 0 Å². The largest absolute Gasteiger partial charge is 0.303 e. The van der Waals surface area contributed by atoms with Crippen LogP contribution < -0.4 is 5.32 Å². The molecule has 21 heavy (non-hydrogen) atoms. The van der Waals surface area contributed by atoms with Gasteiger partial charge in [-0.15, -0.1) is 23.1 Å². The second-order valence-electron chi connectivity index (χ2n) is 5.92. The van der Waals surface area contributed by atoms with Crippen LogP contribution in [0.4, 0.5) is 0 Å². The zero-order valence-electron chi connectivity index (χ0n) is 12.9. The number of hydrogen-bond acceptors (Lipinski definition) is 3. The topological polar surface area (TPSA) is 12.0 Å². The van der Waals surface area contributed by atoms with Gasteiger partial charge in [0.05, 0.1) is 4.21 Å². The molecule has 0 amide bonds. The van der Waals surface area contributed by atoms with Crippen molar-refractivity contribution >= 4 is 23.1 Å². The first kappa shape index (κ1) is 15.1. The highest BCUT2D eigenvalue weighted by Gasteiger charge is 2.27. The number of thioether (sulfide) groups is 1. The van der Waals surface area contributed by atoms with Crippen LogP contribution in [0.25, 0.3) is 0 Å². The van der Waals surface area contributed by atoms with Gasteiger partial charge in [0.15, 0.2) is 0 Å². The van der Waals surface area contributed by atoms with Gasteiger partial charge in [-0.2, -0.15) is 0 Å². The second-order valence-corrected chi connectivity index (χ2v) is 8.54. The number of fused-ring (bicyclic) bond motifs is 1. The third-order valence-electron chi connectivity index (χ3n) is 4.20. The predicted molar refractivity (Wildman–Crippen MR) is 94.3 cm³/mol. The van der Waals surface area contributed by atoms with Crippen LogP contribution in [0.2, 0.25) is 0 Å². The lowest BCUT2D eigenvalue weighted by molar-refractivity contribution is 0.409. The average molecular weight is 318 g/mol. The molecule has 0 fully saturated rings. The zero-order chi connectivity index (χ0) is 14.8. The molecule has 1 aromatic heterocycles. The van der Waals surface area contributed by atoms with Crippen LogP contribution in [0.1, 0.15) is 55.5 Å². The fourth-order valence-electron chi connectivity index (χ4n) is 3.00. The van der Waals surface area contributed by atoms with Crippen LogP contribution >= 0.6 is 23.1 Å². The Kier molecular flexibility index (Phi) is 4.72. The highest BCUT2D eigenvalue weighted by molar-refractivity contribution is 8.01. The minimum atomic E-state index is 0.443. The highest BCUT2D eigenvalue weighted by atomic mass is 32.2. The van der Waals surface area contributed by atoms with E-state index in [4.69, 9.17) is 0 Å². The number of thiophene rings is 1. The first-order valence-corrected chi connectivity index (χ1v) is 9.50. The number of nitrogens with one attached hydrogen (secondary N) is 1. The van der Waals surface area contributed by atoms with Gasteiger partial charge in [0.2, 0.25) is 0 Å². The van der Waals surface area contributed by atoms with E-state index in [2.05, 4.69) is 61.8 Å². The molecule has 2 aromatic rings. The van der Waals surface area contributed by atoms with Crippen LogP contribution in [-0.4, -0.2) is 5.25 Å². The summed E-state index contributed by atoms with van der Waals surface area (Å²) in [6, 6.07) is 12.2. The van der Waals surface area contributed by atoms with Crippen LogP contribution in [0, 0.1) is 6.92 Å². The van der Waals surface area contributed by atoms with E-state index in [0.29, 0.717) is 17.3 Å². The lowest BCUT2D eigenvalue weighted by Gasteiger charge is -2.31. The molecule has 0 bridgehead atoms. The molecule has 0 radical (unpaired) electrons. The van der Waals surface area contributed by atoms with Crippen molar-refractivity contribution in [2.24, 2.45) is 0 Å². The second kappa shape index (κ2) is 6.55. The molecular weight excluding hydrogens is 294 g/mol. The molecule has 0 saturated carbocycles. The molecule has 2 unspecified atom stereocenters. The lowest BCUT2D eigenvalue weighted by atomic mass is 9.98. The fraction of sp³-hybridized carbons (Fsp3) is 0.444. The van der Waals surface area contributed by atoms with Gasteiger partial charge in [0, 0.05) is 17.3 Å². The standard InChI is InChI=1S/C18H23NS2/c1-4-16(14-7-5-12(2)6-8-14)19-17-11-13(3)21-18-15(17)9-10-20-18/h5-10,13,16-17,19H,4,11H2,1-3H3/t13-,16?,17?/m0/s1. The van der Waals surface area contributed by atoms with Gasteiger partial charge in [-0.05, 0) is 42.3 Å². The van der Waals surface area contributed by atoms with Crippen LogP contribution in [0.5, 0.6) is 0 Å². The molecule has 3 heteroatoms. The van der Waals surface area contributed by atoms with Crippen molar-refractivity contribution in [2.45, 2.75) is 55.2 Å². The van der Waals surface area contributed by atoms with E-state index in [-0.39, 0.29) is 0 Å². The maximum atomic E-state index is 3.91. The Labute approximate surface area is 136 Å². The molecule has 112 valence electrons. The minimum Gasteiger partial charge on any atom is -0.303 e. The van der Waals surface area contributed by atoms with Crippen molar-refractivity contribution in [3.63, 3.8) is 0 Å². The number of aryl methyl sites for hydroxylation is 1. The van der Waals surface area contributed by atoms with Crippen molar-refractivity contribution in [3.05, 3.63) is 52.4 Å². The maximum Gasteiger partial charge on any atom is 0.0649 e. The summed E-state index contributed by atoms with van der Waals surface area (Å²) in [7, 11) is 0. The summed E-state index contributed by atoms with van der Waals surface area (Å²) in [5.74, 6) is 0. The van der Waals surface area contributed by atoms with Crippen LogP contribution in [-0.2, 0) is 0 Å². The first-order valence-electron chi connectivity index (χ1n) is 7.74. The fourth-order valence-corrected chi connectivity index (χ4v) is 5.57. The van der Waals surface area contributed by atoms with E-state index in [0.717, 1.165) is 6.42 Å². The summed E-state index contributed by atoms with van der Waals surface area (Å²) < 4.78 is 1.50. The van der Waals surface area contributed by atoms with Gasteiger partial charge in [-0.25, -0.2) is 0 Å². The smallest absolute Gasteiger partial charge is 0.0649 e. The van der Waals surface area contributed by atoms with Gasteiger partial charge in [0.25, 0.3) is 0 Å². The Hall–Kier alpha value is -0.770. The third-order valence-corrected chi connectivity index (χ3v) is 6.54. The molecule has 1 nitrogen and oxygen atoms in total. The Morgan fingerprint density at radius 3 is 2.71 bits per heavy atom. The average Bonchev–Trinajstić information content (AvgIpc) is 2.94. The molecule has 3 rings (SSSR count). The molecule has 0 spiro atoms. The summed E-state index contributed by atoms with van der Waals surface area (Å²) in [6.07, 6.45) is 2.34. The Bertz CT molecular complexity index is 588. The summed E-state index contributed by atoms with van der Waals surface area (Å²) >= 11 is 3.92. The molecule has 1 aliphatic rings. The Morgan fingerprint density at radius 1 is 1.24 bits per heavy atom. The SMILES string of the molecule is CCC(NC1C[C@H](C)Sc2sccc21)c1ccc(C)cc1. The van der Waals surface area contributed by atoms with Gasteiger partial charge in [-0.3, -0.25) is 0 Å². The van der Waals surface area contributed by atoms with E-state index in [1.807, 2.05) is 23.1 Å². The normalized spacial score (nSPS) is 22.8. The van der Waals surface area contributed by atoms with Crippen molar-refractivity contribution in [1.29, 1.82) is 0 Å². The molecule has 3 atom stereocenters. The highest BCUT2D eigenvalue weighted by Crippen LogP contribution is 2.44. The summed E-state index contributed by atoms with van der Waals surface area (Å²) in [4.78, 5) is 0. The number of hydrogen-bond donors (Lipinski definition) is 1. The van der Waals surface area contributed by atoms with E-state index in [9.17, 15) is 0 Å². The van der Waals surface area contributed by atoms with E-state index in [1.165, 1.54) is 27.3 Å². The zero-order valence-corrected chi connectivity index (χ0v) is 14.6.